The Labute approximate surface area is 598 Å². The molecule has 0 N–H and O–H groups in total. The molecule has 0 aliphatic carbocycles. The molecule has 0 amide bonds. The number of rotatable bonds is 26. The van der Waals surface area contributed by atoms with Gasteiger partial charge in [-0.25, -0.2) is 0 Å². The molecule has 2 unspecified atom stereocenters. The molecule has 4 heteroatoms. The molecule has 0 saturated carbocycles. The van der Waals surface area contributed by atoms with Crippen LogP contribution in [-0.4, -0.2) is 13.2 Å². The number of unbranched alkanes of at least 4 members (excludes halogenated alkanes) is 2. The van der Waals surface area contributed by atoms with Gasteiger partial charge < -0.3 is 9.47 Å². The van der Waals surface area contributed by atoms with Gasteiger partial charge in [0.05, 0.1) is 13.2 Å². The summed E-state index contributed by atoms with van der Waals surface area (Å²) in [6, 6.07) is 111. The fourth-order valence-corrected chi connectivity index (χ4v) is 14.8. The molecule has 2 atom stereocenters. The van der Waals surface area contributed by atoms with Gasteiger partial charge in [0.1, 0.15) is 11.5 Å². The van der Waals surface area contributed by atoms with Gasteiger partial charge in [0.2, 0.25) is 0 Å². The van der Waals surface area contributed by atoms with E-state index in [1.807, 2.05) is 0 Å². The molecule has 0 spiro atoms. The van der Waals surface area contributed by atoms with Crippen LogP contribution in [0.5, 0.6) is 11.5 Å². The molecule has 0 heterocycles. The van der Waals surface area contributed by atoms with E-state index >= 15 is 0 Å². The van der Waals surface area contributed by atoms with Crippen molar-refractivity contribution in [2.24, 2.45) is 11.8 Å². The fraction of sp³-hybridized carbons (Fsp3) is 0.170. The second-order valence-corrected chi connectivity index (χ2v) is 27.7. The van der Waals surface area contributed by atoms with Crippen LogP contribution in [-0.2, 0) is 0 Å². The Morgan fingerprint density at radius 3 is 0.724 bits per heavy atom. The minimum atomic E-state index is 0.530. The average Bonchev–Trinajstić information content (AvgIpc) is 0.762. The van der Waals surface area contributed by atoms with Crippen molar-refractivity contribution in [3.05, 3.63) is 312 Å². The largest absolute Gasteiger partial charge is 0.493 e. The Balaban J connectivity index is 0.978. The van der Waals surface area contributed by atoms with Crippen molar-refractivity contribution in [1.29, 1.82) is 0 Å². The highest BCUT2D eigenvalue weighted by molar-refractivity contribution is 9.11. The second kappa shape index (κ2) is 32.2. The fourth-order valence-electron chi connectivity index (χ4n) is 13.7. The average molecular weight is 1410 g/mol. The van der Waals surface area contributed by atoms with Crippen molar-refractivity contribution in [3.8, 4) is 145 Å². The Bertz CT molecular complexity index is 4210. The zero-order chi connectivity index (χ0) is 67.2. The first-order chi connectivity index (χ1) is 48.2. The standard InChI is InChI=1S/C94H84Br2O2/c1-5-9-23-65(7-3)63-97-83-53-49-79(50-54-83)93-87(75-41-33-71(34-42-75)67-25-15-11-16-26-67)57-81(58-88(93)76-43-35-72(36-44-76)68-27-17-12-18-28-68)85-61-92(96)86(62-91(85)95)82-59-89(77-45-37-73(38-46-77)69-29-19-13-20-30-69)94(80-51-55-84(56-52-80)98-64-66(8-4)24-10-6-2)90(60-82)78-47-39-74(40-48-78)70-31-21-14-22-32-70/h11-22,25-62,65-66H,5-10,23-24,63-64H2,1-4H3. The molecule has 0 aromatic heterocycles. The van der Waals surface area contributed by atoms with E-state index in [1.54, 1.807) is 0 Å². The van der Waals surface area contributed by atoms with Crippen LogP contribution >= 0.6 is 31.9 Å². The molecule has 2 nitrogen and oxygen atoms in total. The Morgan fingerprint density at radius 1 is 0.245 bits per heavy atom. The number of hydrogen-bond donors (Lipinski definition) is 0. The van der Waals surface area contributed by atoms with Crippen molar-refractivity contribution in [2.45, 2.75) is 79.1 Å². The molecule has 0 bridgehead atoms. The zero-order valence-corrected chi connectivity index (χ0v) is 59.8. The predicted octanol–water partition coefficient (Wildman–Crippen LogP) is 28.4. The van der Waals surface area contributed by atoms with Crippen LogP contribution < -0.4 is 9.47 Å². The number of halogens is 2. The van der Waals surface area contributed by atoms with Crippen molar-refractivity contribution in [3.63, 3.8) is 0 Å². The maximum Gasteiger partial charge on any atom is 0.119 e. The lowest BCUT2D eigenvalue weighted by molar-refractivity contribution is 0.233. The summed E-state index contributed by atoms with van der Waals surface area (Å²) in [6.07, 6.45) is 9.40. The van der Waals surface area contributed by atoms with E-state index in [-0.39, 0.29) is 0 Å². The summed E-state index contributed by atoms with van der Waals surface area (Å²) in [6.45, 7) is 10.5. The van der Waals surface area contributed by atoms with E-state index in [9.17, 15) is 0 Å². The quantitative estimate of drug-likeness (QED) is 0.0538. The molecule has 13 aromatic rings. The molecule has 0 saturated heterocycles. The van der Waals surface area contributed by atoms with E-state index in [1.165, 1.54) is 83.0 Å². The maximum atomic E-state index is 6.57. The van der Waals surface area contributed by atoms with E-state index in [0.717, 1.165) is 136 Å². The Morgan fingerprint density at radius 2 is 0.480 bits per heavy atom. The highest BCUT2D eigenvalue weighted by Crippen LogP contribution is 2.50. The van der Waals surface area contributed by atoms with Crippen molar-refractivity contribution in [2.75, 3.05) is 13.2 Å². The smallest absolute Gasteiger partial charge is 0.119 e. The highest BCUT2D eigenvalue weighted by Gasteiger charge is 2.24. The van der Waals surface area contributed by atoms with E-state index in [0.29, 0.717) is 11.8 Å². The van der Waals surface area contributed by atoms with Crippen molar-refractivity contribution >= 4 is 31.9 Å². The molecule has 0 aliphatic rings. The summed E-state index contributed by atoms with van der Waals surface area (Å²) < 4.78 is 15.1. The monoisotopic (exact) mass is 1400 g/mol. The van der Waals surface area contributed by atoms with Crippen LogP contribution in [0.2, 0.25) is 0 Å². The SMILES string of the molecule is CCCCC(CC)COc1ccc(-c2c(-c3ccc(-c4ccccc4)cc3)cc(-c3cc(Br)c(-c4cc(-c5ccc(-c6ccccc6)cc5)c(-c5ccc(OCC(CC)CCCC)cc5)c(-c5ccc(-c6ccccc6)cc5)c4)cc3Br)cc2-c2ccc(-c3ccccc3)cc2)cc1. The van der Waals surface area contributed by atoms with E-state index in [4.69, 9.17) is 9.47 Å². The topological polar surface area (TPSA) is 18.5 Å². The van der Waals surface area contributed by atoms with Crippen molar-refractivity contribution in [1.82, 2.24) is 0 Å². The minimum absolute atomic E-state index is 0.530. The molecule has 0 radical (unpaired) electrons. The van der Waals surface area contributed by atoms with E-state index in [2.05, 4.69) is 363 Å². The van der Waals surface area contributed by atoms with Gasteiger partial charge >= 0.3 is 0 Å². The number of benzene rings is 13. The van der Waals surface area contributed by atoms with Gasteiger partial charge in [-0.1, -0.05) is 341 Å². The van der Waals surface area contributed by atoms with Gasteiger partial charge in [0, 0.05) is 8.95 Å². The first-order valence-corrected chi connectivity index (χ1v) is 36.8. The summed E-state index contributed by atoms with van der Waals surface area (Å²) >= 11 is 8.60. The summed E-state index contributed by atoms with van der Waals surface area (Å²) in [4.78, 5) is 0. The van der Waals surface area contributed by atoms with Crippen LogP contribution in [0.4, 0.5) is 0 Å². The molecular formula is C94H84Br2O2. The predicted molar refractivity (Wildman–Crippen MR) is 425 cm³/mol. The highest BCUT2D eigenvalue weighted by atomic mass is 79.9. The van der Waals surface area contributed by atoms with Crippen LogP contribution in [0, 0.1) is 11.8 Å². The van der Waals surface area contributed by atoms with Crippen LogP contribution in [0.15, 0.2) is 312 Å². The molecule has 13 aromatic carbocycles. The molecular weight excluding hydrogens is 1320 g/mol. The molecule has 13 rings (SSSR count). The summed E-state index contributed by atoms with van der Waals surface area (Å²) in [7, 11) is 0. The molecule has 0 aliphatic heterocycles. The third kappa shape index (κ3) is 15.7. The molecule has 0 fully saturated rings. The maximum absolute atomic E-state index is 6.57. The lowest BCUT2D eigenvalue weighted by Gasteiger charge is -2.22. The molecule has 486 valence electrons. The third-order valence-electron chi connectivity index (χ3n) is 19.5. The first kappa shape index (κ1) is 67.0. The van der Waals surface area contributed by atoms with Crippen LogP contribution in [0.25, 0.3) is 134 Å². The lowest BCUT2D eigenvalue weighted by atomic mass is 9.83. The van der Waals surface area contributed by atoms with Gasteiger partial charge in [-0.3, -0.25) is 0 Å². The zero-order valence-electron chi connectivity index (χ0n) is 56.7. The Hall–Kier alpha value is -9.58. The van der Waals surface area contributed by atoms with Gasteiger partial charge in [-0.2, -0.15) is 0 Å². The van der Waals surface area contributed by atoms with Gasteiger partial charge in [0.15, 0.2) is 0 Å². The summed E-state index contributed by atoms with van der Waals surface area (Å²) in [5.41, 5.74) is 27.3. The first-order valence-electron chi connectivity index (χ1n) is 35.2. The third-order valence-corrected chi connectivity index (χ3v) is 20.8. The lowest BCUT2D eigenvalue weighted by Crippen LogP contribution is -2.11. The Kier molecular flexibility index (Phi) is 22.0. The number of hydrogen-bond acceptors (Lipinski definition) is 2. The van der Waals surface area contributed by atoms with E-state index < -0.39 is 0 Å². The summed E-state index contributed by atoms with van der Waals surface area (Å²) in [5, 5.41) is 0. The van der Waals surface area contributed by atoms with Crippen LogP contribution in [0.1, 0.15) is 79.1 Å². The second-order valence-electron chi connectivity index (χ2n) is 26.0. The van der Waals surface area contributed by atoms with Gasteiger partial charge in [-0.05, 0) is 219 Å². The number of ether oxygens (including phenoxy) is 2. The minimum Gasteiger partial charge on any atom is -0.493 e. The van der Waals surface area contributed by atoms with Gasteiger partial charge in [-0.15, -0.1) is 0 Å². The van der Waals surface area contributed by atoms with Gasteiger partial charge in [0.25, 0.3) is 0 Å². The normalized spacial score (nSPS) is 11.9. The van der Waals surface area contributed by atoms with Crippen molar-refractivity contribution < 1.29 is 9.47 Å². The molecule has 98 heavy (non-hydrogen) atoms. The van der Waals surface area contributed by atoms with Crippen LogP contribution in [0.3, 0.4) is 0 Å². The summed E-state index contributed by atoms with van der Waals surface area (Å²) in [5.74, 6) is 2.85.